The van der Waals surface area contributed by atoms with Gasteiger partial charge in [0.1, 0.15) is 0 Å². The van der Waals surface area contributed by atoms with Crippen LogP contribution in [0.2, 0.25) is 0 Å². The van der Waals surface area contributed by atoms with Crippen molar-refractivity contribution in [2.75, 3.05) is 6.54 Å². The summed E-state index contributed by atoms with van der Waals surface area (Å²) in [6, 6.07) is 5.28. The van der Waals surface area contributed by atoms with E-state index in [9.17, 15) is 18.3 Å². The highest BCUT2D eigenvalue weighted by Gasteiger charge is 2.42. The van der Waals surface area contributed by atoms with Crippen LogP contribution in [0.1, 0.15) is 55.8 Å². The zero-order valence-corrected chi connectivity index (χ0v) is 12.0. The third kappa shape index (κ3) is 3.40. The zero-order chi connectivity index (χ0) is 15.5. The second-order valence-electron chi connectivity index (χ2n) is 5.97. The molecule has 0 spiro atoms. The van der Waals surface area contributed by atoms with Gasteiger partial charge in [-0.3, -0.25) is 0 Å². The standard InChI is InChI=1S/C16H22F3NO/c17-16(18,19)13-8-4-3-7-12(13)14(21)15(11-20)9-5-1-2-6-10-15/h3-4,7-8,14,21H,1-2,5-6,9-11,20H2. The molecule has 1 aromatic carbocycles. The molecule has 1 saturated carbocycles. The van der Waals surface area contributed by atoms with Crippen molar-refractivity contribution in [1.82, 2.24) is 0 Å². The van der Waals surface area contributed by atoms with E-state index in [1.165, 1.54) is 18.2 Å². The van der Waals surface area contributed by atoms with Gasteiger partial charge < -0.3 is 10.8 Å². The van der Waals surface area contributed by atoms with Crippen LogP contribution in [-0.4, -0.2) is 11.7 Å². The Morgan fingerprint density at radius 1 is 1.10 bits per heavy atom. The van der Waals surface area contributed by atoms with Crippen LogP contribution in [0.15, 0.2) is 24.3 Å². The summed E-state index contributed by atoms with van der Waals surface area (Å²) in [4.78, 5) is 0. The normalized spacial score (nSPS) is 20.8. The van der Waals surface area contributed by atoms with Crippen LogP contribution in [0.4, 0.5) is 13.2 Å². The molecule has 2 rings (SSSR count). The topological polar surface area (TPSA) is 46.2 Å². The lowest BCUT2D eigenvalue weighted by Crippen LogP contribution is -2.37. The third-order valence-corrected chi connectivity index (χ3v) is 4.65. The van der Waals surface area contributed by atoms with Crippen LogP contribution in [0.3, 0.4) is 0 Å². The number of halogens is 3. The van der Waals surface area contributed by atoms with Crippen LogP contribution in [-0.2, 0) is 6.18 Å². The lowest BCUT2D eigenvalue weighted by atomic mass is 9.72. The van der Waals surface area contributed by atoms with Gasteiger partial charge in [-0.1, -0.05) is 43.9 Å². The van der Waals surface area contributed by atoms with Gasteiger partial charge in [0, 0.05) is 12.0 Å². The molecule has 2 nitrogen and oxygen atoms in total. The molecule has 1 fully saturated rings. The van der Waals surface area contributed by atoms with Crippen LogP contribution in [0, 0.1) is 5.41 Å². The smallest absolute Gasteiger partial charge is 0.388 e. The molecule has 1 unspecified atom stereocenters. The quantitative estimate of drug-likeness (QED) is 0.828. The molecule has 1 aliphatic rings. The Labute approximate surface area is 123 Å². The second-order valence-corrected chi connectivity index (χ2v) is 5.97. The maximum absolute atomic E-state index is 13.1. The first-order chi connectivity index (χ1) is 9.91. The van der Waals surface area contributed by atoms with Crippen LogP contribution < -0.4 is 5.73 Å². The Hall–Kier alpha value is -1.07. The Bertz CT molecular complexity index is 465. The van der Waals surface area contributed by atoms with E-state index in [2.05, 4.69) is 0 Å². The van der Waals surface area contributed by atoms with Crippen molar-refractivity contribution in [3.8, 4) is 0 Å². The number of rotatable bonds is 3. The summed E-state index contributed by atoms with van der Waals surface area (Å²) in [5.41, 5.74) is 4.42. The molecule has 0 aliphatic heterocycles. The molecule has 0 radical (unpaired) electrons. The van der Waals surface area contributed by atoms with Gasteiger partial charge >= 0.3 is 6.18 Å². The van der Waals surface area contributed by atoms with Gasteiger partial charge in [-0.2, -0.15) is 13.2 Å². The minimum Gasteiger partial charge on any atom is -0.388 e. The molecule has 1 aromatic rings. The average Bonchev–Trinajstić information content (AvgIpc) is 2.72. The van der Waals surface area contributed by atoms with E-state index in [0.29, 0.717) is 12.8 Å². The van der Waals surface area contributed by atoms with E-state index in [0.717, 1.165) is 31.7 Å². The fourth-order valence-corrected chi connectivity index (χ4v) is 3.35. The molecular weight excluding hydrogens is 279 g/mol. The first kappa shape index (κ1) is 16.3. The summed E-state index contributed by atoms with van der Waals surface area (Å²) in [7, 11) is 0. The highest BCUT2D eigenvalue weighted by molar-refractivity contribution is 5.33. The molecule has 0 heterocycles. The molecule has 1 aliphatic carbocycles. The van der Waals surface area contributed by atoms with E-state index in [1.54, 1.807) is 0 Å². The molecule has 0 saturated heterocycles. The molecule has 1 atom stereocenters. The fraction of sp³-hybridized carbons (Fsp3) is 0.625. The van der Waals surface area contributed by atoms with E-state index >= 15 is 0 Å². The Kier molecular flexibility index (Phi) is 4.94. The van der Waals surface area contributed by atoms with Gasteiger partial charge in [0.15, 0.2) is 0 Å². The zero-order valence-electron chi connectivity index (χ0n) is 12.0. The average molecular weight is 301 g/mol. The molecule has 0 bridgehead atoms. The molecule has 21 heavy (non-hydrogen) atoms. The van der Waals surface area contributed by atoms with Crippen LogP contribution in [0.25, 0.3) is 0 Å². The Balaban J connectivity index is 2.40. The lowest BCUT2D eigenvalue weighted by Gasteiger charge is -2.37. The summed E-state index contributed by atoms with van der Waals surface area (Å²) < 4.78 is 39.4. The summed E-state index contributed by atoms with van der Waals surface area (Å²) in [5.74, 6) is 0. The van der Waals surface area contributed by atoms with E-state index in [1.807, 2.05) is 0 Å². The van der Waals surface area contributed by atoms with Gasteiger partial charge in [0.05, 0.1) is 11.7 Å². The second kappa shape index (κ2) is 6.36. The number of hydrogen-bond donors (Lipinski definition) is 2. The highest BCUT2D eigenvalue weighted by Crippen LogP contribution is 2.47. The number of nitrogens with two attached hydrogens (primary N) is 1. The van der Waals surface area contributed by atoms with Crippen LogP contribution in [0.5, 0.6) is 0 Å². The van der Waals surface area contributed by atoms with Crippen molar-refractivity contribution in [2.45, 2.75) is 50.8 Å². The van der Waals surface area contributed by atoms with Gasteiger partial charge in [0.2, 0.25) is 0 Å². The molecule has 5 heteroatoms. The Morgan fingerprint density at radius 3 is 2.19 bits per heavy atom. The first-order valence-electron chi connectivity index (χ1n) is 7.45. The third-order valence-electron chi connectivity index (χ3n) is 4.65. The van der Waals surface area contributed by atoms with E-state index in [-0.39, 0.29) is 12.1 Å². The summed E-state index contributed by atoms with van der Waals surface area (Å²) in [6.45, 7) is 0.209. The molecule has 0 aromatic heterocycles. The molecule has 3 N–H and O–H groups in total. The largest absolute Gasteiger partial charge is 0.416 e. The van der Waals surface area contributed by atoms with Crippen molar-refractivity contribution < 1.29 is 18.3 Å². The van der Waals surface area contributed by atoms with Gasteiger partial charge in [-0.25, -0.2) is 0 Å². The summed E-state index contributed by atoms with van der Waals surface area (Å²) in [6.07, 6.45) is -0.361. The fourth-order valence-electron chi connectivity index (χ4n) is 3.35. The summed E-state index contributed by atoms with van der Waals surface area (Å²) in [5, 5.41) is 10.7. The summed E-state index contributed by atoms with van der Waals surface area (Å²) >= 11 is 0. The van der Waals surface area contributed by atoms with E-state index < -0.39 is 23.3 Å². The first-order valence-corrected chi connectivity index (χ1v) is 7.45. The van der Waals surface area contributed by atoms with E-state index in [4.69, 9.17) is 5.73 Å². The van der Waals surface area contributed by atoms with Gasteiger partial charge in [0.25, 0.3) is 0 Å². The van der Waals surface area contributed by atoms with Crippen molar-refractivity contribution in [1.29, 1.82) is 0 Å². The van der Waals surface area contributed by atoms with Crippen molar-refractivity contribution in [3.05, 3.63) is 35.4 Å². The molecular formula is C16H22F3NO. The number of aliphatic hydroxyl groups is 1. The minimum atomic E-state index is -4.46. The number of hydrogen-bond acceptors (Lipinski definition) is 2. The number of aliphatic hydroxyl groups excluding tert-OH is 1. The molecule has 0 amide bonds. The van der Waals surface area contributed by atoms with Crippen molar-refractivity contribution in [3.63, 3.8) is 0 Å². The SMILES string of the molecule is NCC1(C(O)c2ccccc2C(F)(F)F)CCCCCC1. The van der Waals surface area contributed by atoms with Crippen molar-refractivity contribution >= 4 is 0 Å². The van der Waals surface area contributed by atoms with Gasteiger partial charge in [-0.15, -0.1) is 0 Å². The predicted molar refractivity (Wildman–Crippen MR) is 75.6 cm³/mol. The number of benzene rings is 1. The maximum Gasteiger partial charge on any atom is 0.416 e. The monoisotopic (exact) mass is 301 g/mol. The predicted octanol–water partition coefficient (Wildman–Crippen LogP) is 4.04. The minimum absolute atomic E-state index is 0.0441. The van der Waals surface area contributed by atoms with Crippen LogP contribution >= 0.6 is 0 Å². The lowest BCUT2D eigenvalue weighted by molar-refractivity contribution is -0.140. The maximum atomic E-state index is 13.1. The molecule has 118 valence electrons. The van der Waals surface area contributed by atoms with Crippen molar-refractivity contribution in [2.24, 2.45) is 11.1 Å². The Morgan fingerprint density at radius 2 is 1.67 bits per heavy atom. The number of alkyl halides is 3. The van der Waals surface area contributed by atoms with Gasteiger partial charge in [-0.05, 0) is 24.5 Å². The highest BCUT2D eigenvalue weighted by atomic mass is 19.4.